The molecule has 1 aliphatic rings. The summed E-state index contributed by atoms with van der Waals surface area (Å²) in [6.45, 7) is 2.21. The minimum atomic E-state index is -0.277. The second kappa shape index (κ2) is 7.25. The van der Waals surface area contributed by atoms with Crippen LogP contribution in [0.5, 0.6) is 0 Å². The maximum Gasteiger partial charge on any atom is 0.252 e. The normalized spacial score (nSPS) is 15.3. The number of pyridine rings is 1. The number of imidazole rings is 1. The van der Waals surface area contributed by atoms with Crippen molar-refractivity contribution in [3.05, 3.63) is 60.2 Å². The summed E-state index contributed by atoms with van der Waals surface area (Å²) in [4.78, 5) is 17.0. The predicted molar refractivity (Wildman–Crippen MR) is 96.5 cm³/mol. The molecule has 3 aromatic rings. The highest BCUT2D eigenvalue weighted by Crippen LogP contribution is 2.20. The highest BCUT2D eigenvalue weighted by Gasteiger charge is 2.15. The zero-order chi connectivity index (χ0) is 17.9. The van der Waals surface area contributed by atoms with Crippen LogP contribution < -0.4 is 5.32 Å². The highest BCUT2D eigenvalue weighted by atomic mass is 19.1. The first kappa shape index (κ1) is 16.7. The molecule has 1 aliphatic heterocycles. The molecule has 0 bridgehead atoms. The fourth-order valence-electron chi connectivity index (χ4n) is 3.18. The van der Waals surface area contributed by atoms with E-state index in [2.05, 4.69) is 10.3 Å². The van der Waals surface area contributed by atoms with Gasteiger partial charge in [-0.2, -0.15) is 0 Å². The number of carbonyl (C=O) groups is 1. The maximum atomic E-state index is 13.1. The summed E-state index contributed by atoms with van der Waals surface area (Å²) < 4.78 is 20.2. The topological polar surface area (TPSA) is 55.6 Å². The maximum absolute atomic E-state index is 13.1. The van der Waals surface area contributed by atoms with Gasteiger partial charge in [-0.3, -0.25) is 4.79 Å². The van der Waals surface area contributed by atoms with E-state index in [-0.39, 0.29) is 11.7 Å². The number of fused-ring (bicyclic) bond motifs is 1. The number of aromatic nitrogens is 2. The molecule has 134 valence electrons. The Bertz CT molecular complexity index is 914. The number of rotatable bonds is 4. The lowest BCUT2D eigenvalue weighted by Crippen LogP contribution is -2.32. The third-order valence-corrected chi connectivity index (χ3v) is 4.75. The standard InChI is InChI=1S/C20H20FN3O2/c21-17-4-1-15(2-5-17)18-13-24-12-16(3-6-19(24)23-18)20(25)22-11-14-7-9-26-10-8-14/h1-6,12-14H,7-11H2,(H,22,25). The molecule has 0 aliphatic carbocycles. The van der Waals surface area contributed by atoms with Crippen molar-refractivity contribution in [2.45, 2.75) is 12.8 Å². The third kappa shape index (κ3) is 3.60. The van der Waals surface area contributed by atoms with Crippen molar-refractivity contribution >= 4 is 11.6 Å². The van der Waals surface area contributed by atoms with Crippen LogP contribution in [0.15, 0.2) is 48.8 Å². The molecule has 0 spiro atoms. The van der Waals surface area contributed by atoms with Crippen LogP contribution >= 0.6 is 0 Å². The van der Waals surface area contributed by atoms with Gasteiger partial charge >= 0.3 is 0 Å². The van der Waals surface area contributed by atoms with Crippen molar-refractivity contribution in [2.75, 3.05) is 19.8 Å². The summed E-state index contributed by atoms with van der Waals surface area (Å²) in [5, 5.41) is 3.01. The van der Waals surface area contributed by atoms with Gasteiger partial charge in [-0.25, -0.2) is 9.37 Å². The van der Waals surface area contributed by atoms with Gasteiger partial charge in [0, 0.05) is 37.7 Å². The van der Waals surface area contributed by atoms with E-state index in [1.54, 1.807) is 24.4 Å². The molecule has 0 unspecified atom stereocenters. The van der Waals surface area contributed by atoms with E-state index in [1.807, 2.05) is 16.7 Å². The first-order chi connectivity index (χ1) is 12.7. The molecule has 0 radical (unpaired) electrons. The second-order valence-corrected chi connectivity index (χ2v) is 6.58. The van der Waals surface area contributed by atoms with Crippen LogP contribution in [-0.2, 0) is 4.74 Å². The van der Waals surface area contributed by atoms with E-state index in [1.165, 1.54) is 12.1 Å². The van der Waals surface area contributed by atoms with Crippen LogP contribution in [0, 0.1) is 11.7 Å². The van der Waals surface area contributed by atoms with E-state index < -0.39 is 0 Å². The number of hydrogen-bond acceptors (Lipinski definition) is 3. The summed E-state index contributed by atoms with van der Waals surface area (Å²) in [6, 6.07) is 9.80. The molecule has 1 fully saturated rings. The monoisotopic (exact) mass is 353 g/mol. The fourth-order valence-corrected chi connectivity index (χ4v) is 3.18. The number of carbonyl (C=O) groups excluding carboxylic acids is 1. The van der Waals surface area contributed by atoms with Gasteiger partial charge in [0.15, 0.2) is 0 Å². The third-order valence-electron chi connectivity index (χ3n) is 4.75. The Morgan fingerprint density at radius 2 is 1.92 bits per heavy atom. The zero-order valence-corrected chi connectivity index (χ0v) is 14.3. The first-order valence-corrected chi connectivity index (χ1v) is 8.80. The Kier molecular flexibility index (Phi) is 4.67. The highest BCUT2D eigenvalue weighted by molar-refractivity contribution is 5.94. The van der Waals surface area contributed by atoms with E-state index in [0.29, 0.717) is 18.0 Å². The van der Waals surface area contributed by atoms with E-state index in [0.717, 1.165) is 43.0 Å². The van der Waals surface area contributed by atoms with Crippen LogP contribution in [0.4, 0.5) is 4.39 Å². The van der Waals surface area contributed by atoms with Crippen molar-refractivity contribution in [1.29, 1.82) is 0 Å². The molecule has 1 saturated heterocycles. The van der Waals surface area contributed by atoms with E-state index >= 15 is 0 Å². The molecular weight excluding hydrogens is 333 g/mol. The lowest BCUT2D eigenvalue weighted by atomic mass is 10.0. The van der Waals surface area contributed by atoms with Gasteiger partial charge in [0.05, 0.1) is 11.3 Å². The molecule has 0 saturated carbocycles. The lowest BCUT2D eigenvalue weighted by Gasteiger charge is -2.22. The van der Waals surface area contributed by atoms with Crippen LogP contribution in [-0.4, -0.2) is 35.1 Å². The summed E-state index contributed by atoms with van der Waals surface area (Å²) >= 11 is 0. The largest absolute Gasteiger partial charge is 0.381 e. The molecule has 26 heavy (non-hydrogen) atoms. The molecule has 5 nitrogen and oxygen atoms in total. The van der Waals surface area contributed by atoms with Gasteiger partial charge in [0.1, 0.15) is 11.5 Å². The second-order valence-electron chi connectivity index (χ2n) is 6.58. The fraction of sp³-hybridized carbons (Fsp3) is 0.300. The Morgan fingerprint density at radius 1 is 1.15 bits per heavy atom. The number of nitrogens with one attached hydrogen (secondary N) is 1. The molecule has 2 aromatic heterocycles. The number of hydrogen-bond donors (Lipinski definition) is 1. The number of halogens is 1. The van der Waals surface area contributed by atoms with Gasteiger partial charge in [0.25, 0.3) is 5.91 Å². The molecule has 1 aromatic carbocycles. The molecular formula is C20H20FN3O2. The van der Waals surface area contributed by atoms with Crippen LogP contribution in [0.25, 0.3) is 16.9 Å². The summed E-state index contributed by atoms with van der Waals surface area (Å²) in [5.41, 5.74) is 2.91. The van der Waals surface area contributed by atoms with Gasteiger partial charge < -0.3 is 14.5 Å². The van der Waals surface area contributed by atoms with Crippen molar-refractivity contribution in [3.63, 3.8) is 0 Å². The summed E-state index contributed by atoms with van der Waals surface area (Å²) in [7, 11) is 0. The SMILES string of the molecule is O=C(NCC1CCOCC1)c1ccc2nc(-c3ccc(F)cc3)cn2c1. The van der Waals surface area contributed by atoms with Crippen molar-refractivity contribution in [3.8, 4) is 11.3 Å². The van der Waals surface area contributed by atoms with Gasteiger partial charge in [0.2, 0.25) is 0 Å². The Labute approximate surface area is 150 Å². The number of nitrogens with zero attached hydrogens (tertiary/aromatic N) is 2. The van der Waals surface area contributed by atoms with Crippen molar-refractivity contribution < 1.29 is 13.9 Å². The molecule has 1 amide bonds. The molecule has 3 heterocycles. The van der Waals surface area contributed by atoms with E-state index in [4.69, 9.17) is 4.74 Å². The Balaban J connectivity index is 1.49. The zero-order valence-electron chi connectivity index (χ0n) is 14.3. The van der Waals surface area contributed by atoms with Crippen LogP contribution in [0.2, 0.25) is 0 Å². The van der Waals surface area contributed by atoms with Gasteiger partial charge in [-0.05, 0) is 55.2 Å². The molecule has 1 N–H and O–H groups in total. The number of benzene rings is 1. The first-order valence-electron chi connectivity index (χ1n) is 8.80. The van der Waals surface area contributed by atoms with Gasteiger partial charge in [-0.15, -0.1) is 0 Å². The average molecular weight is 353 g/mol. The molecule has 4 rings (SSSR count). The minimum absolute atomic E-state index is 0.0876. The van der Waals surface area contributed by atoms with Crippen LogP contribution in [0.1, 0.15) is 23.2 Å². The summed E-state index contributed by atoms with van der Waals surface area (Å²) in [5.74, 6) is 0.117. The number of amides is 1. The molecule has 0 atom stereocenters. The smallest absolute Gasteiger partial charge is 0.252 e. The van der Waals surface area contributed by atoms with E-state index in [9.17, 15) is 9.18 Å². The minimum Gasteiger partial charge on any atom is -0.381 e. The van der Waals surface area contributed by atoms with Crippen LogP contribution in [0.3, 0.4) is 0 Å². The average Bonchev–Trinajstić information content (AvgIpc) is 3.10. The predicted octanol–water partition coefficient (Wildman–Crippen LogP) is 3.30. The number of ether oxygens (including phenoxy) is 1. The summed E-state index contributed by atoms with van der Waals surface area (Å²) in [6.07, 6.45) is 5.59. The quantitative estimate of drug-likeness (QED) is 0.783. The molecule has 6 heteroatoms. The van der Waals surface area contributed by atoms with Crippen molar-refractivity contribution in [1.82, 2.24) is 14.7 Å². The Hall–Kier alpha value is -2.73. The Morgan fingerprint density at radius 3 is 2.69 bits per heavy atom. The van der Waals surface area contributed by atoms with Crippen molar-refractivity contribution in [2.24, 2.45) is 5.92 Å². The van der Waals surface area contributed by atoms with Gasteiger partial charge in [-0.1, -0.05) is 0 Å². The lowest BCUT2D eigenvalue weighted by molar-refractivity contribution is 0.0642.